The zero-order valence-corrected chi connectivity index (χ0v) is 12.5. The van der Waals surface area contributed by atoms with Gasteiger partial charge in [-0.1, -0.05) is 37.0 Å². The maximum Gasteiger partial charge on any atom is 0.282 e. The number of benzene rings is 1. The number of hydrogen-bond acceptors (Lipinski definition) is 4. The maximum absolute atomic E-state index is 12.3. The minimum Gasteiger partial charge on any atom is -0.212 e. The monoisotopic (exact) mass is 302 g/mol. The summed E-state index contributed by atoms with van der Waals surface area (Å²) in [6.45, 7) is 1.83. The lowest BCUT2D eigenvalue weighted by atomic mass is 10.0. The second-order valence-electron chi connectivity index (χ2n) is 5.02. The molecule has 0 aromatic heterocycles. The summed E-state index contributed by atoms with van der Waals surface area (Å²) in [7, 11) is -8.44. The van der Waals surface area contributed by atoms with Crippen molar-refractivity contribution in [1.29, 1.82) is 0 Å². The van der Waals surface area contributed by atoms with Gasteiger partial charge in [-0.2, -0.15) is 0 Å². The van der Waals surface area contributed by atoms with Crippen molar-refractivity contribution in [2.45, 2.75) is 49.2 Å². The molecule has 1 aliphatic rings. The van der Waals surface area contributed by atoms with E-state index >= 15 is 0 Å². The number of hydrogen-bond donors (Lipinski definition) is 0. The molecule has 0 unspecified atom stereocenters. The molecule has 106 valence electrons. The van der Waals surface area contributed by atoms with Gasteiger partial charge in [0.2, 0.25) is 0 Å². The lowest BCUT2D eigenvalue weighted by molar-refractivity contribution is 0.487. The largest absolute Gasteiger partial charge is 0.282 e. The SMILES string of the molecule is Cc1ccc(S(=O)(=O)S(=O)(=O)C2CCCCC2)cc1. The van der Waals surface area contributed by atoms with Crippen LogP contribution in [-0.2, 0) is 17.7 Å². The van der Waals surface area contributed by atoms with Crippen molar-refractivity contribution in [2.75, 3.05) is 0 Å². The lowest BCUT2D eigenvalue weighted by Gasteiger charge is -2.21. The zero-order valence-electron chi connectivity index (χ0n) is 10.9. The molecule has 19 heavy (non-hydrogen) atoms. The van der Waals surface area contributed by atoms with Gasteiger partial charge < -0.3 is 0 Å². The predicted octanol–water partition coefficient (Wildman–Crippen LogP) is 2.43. The van der Waals surface area contributed by atoms with Gasteiger partial charge in [0.25, 0.3) is 17.7 Å². The van der Waals surface area contributed by atoms with Crippen LogP contribution < -0.4 is 0 Å². The third kappa shape index (κ3) is 2.69. The third-order valence-electron chi connectivity index (χ3n) is 3.58. The maximum atomic E-state index is 12.3. The molecule has 2 rings (SSSR count). The van der Waals surface area contributed by atoms with Crippen molar-refractivity contribution < 1.29 is 16.8 Å². The summed E-state index contributed by atoms with van der Waals surface area (Å²) in [6.07, 6.45) is 3.46. The molecule has 0 aliphatic heterocycles. The molecule has 1 aliphatic carbocycles. The van der Waals surface area contributed by atoms with E-state index in [9.17, 15) is 16.8 Å². The molecule has 0 heterocycles. The van der Waals surface area contributed by atoms with E-state index in [2.05, 4.69) is 0 Å². The first kappa shape index (κ1) is 14.5. The van der Waals surface area contributed by atoms with Crippen LogP contribution in [0.2, 0.25) is 0 Å². The highest BCUT2D eigenvalue weighted by Gasteiger charge is 2.39. The van der Waals surface area contributed by atoms with Gasteiger partial charge in [0.1, 0.15) is 0 Å². The van der Waals surface area contributed by atoms with Crippen molar-refractivity contribution in [3.8, 4) is 0 Å². The molecule has 0 saturated heterocycles. The van der Waals surface area contributed by atoms with Gasteiger partial charge >= 0.3 is 0 Å². The van der Waals surface area contributed by atoms with Crippen LogP contribution in [0, 0.1) is 6.92 Å². The highest BCUT2D eigenvalue weighted by molar-refractivity contribution is 8.67. The van der Waals surface area contributed by atoms with Crippen molar-refractivity contribution in [1.82, 2.24) is 0 Å². The van der Waals surface area contributed by atoms with E-state index in [0.29, 0.717) is 12.8 Å². The van der Waals surface area contributed by atoms with Gasteiger partial charge in [-0.25, -0.2) is 16.8 Å². The van der Waals surface area contributed by atoms with E-state index in [4.69, 9.17) is 0 Å². The van der Waals surface area contributed by atoms with Gasteiger partial charge in [0.15, 0.2) is 0 Å². The molecule has 0 radical (unpaired) electrons. The fraction of sp³-hybridized carbons (Fsp3) is 0.538. The van der Waals surface area contributed by atoms with Crippen LogP contribution in [0.25, 0.3) is 0 Å². The van der Waals surface area contributed by atoms with Gasteiger partial charge in [-0.05, 0) is 31.9 Å². The van der Waals surface area contributed by atoms with Crippen LogP contribution in [0.3, 0.4) is 0 Å². The minimum absolute atomic E-state index is 0.122. The Balaban J connectivity index is 2.40. The van der Waals surface area contributed by atoms with E-state index in [0.717, 1.165) is 24.8 Å². The van der Waals surface area contributed by atoms with Crippen molar-refractivity contribution in [3.63, 3.8) is 0 Å². The van der Waals surface area contributed by atoms with Gasteiger partial charge in [0, 0.05) is 0 Å². The summed E-state index contributed by atoms with van der Waals surface area (Å²) in [4.78, 5) is -0.122. The molecule has 1 aromatic carbocycles. The van der Waals surface area contributed by atoms with Crippen LogP contribution in [0.1, 0.15) is 37.7 Å². The Morgan fingerprint density at radius 3 is 1.95 bits per heavy atom. The fourth-order valence-electron chi connectivity index (χ4n) is 2.37. The molecule has 6 heteroatoms. The van der Waals surface area contributed by atoms with E-state index < -0.39 is 23.0 Å². The van der Waals surface area contributed by atoms with E-state index in [1.165, 1.54) is 12.1 Å². The Morgan fingerprint density at radius 1 is 0.895 bits per heavy atom. The summed E-state index contributed by atoms with van der Waals surface area (Å²) >= 11 is 0. The molecule has 0 amide bonds. The van der Waals surface area contributed by atoms with Gasteiger partial charge in [-0.3, -0.25) is 0 Å². The van der Waals surface area contributed by atoms with E-state index in [1.54, 1.807) is 12.1 Å². The Labute approximate surface area is 114 Å². The number of rotatable bonds is 3. The first-order valence-electron chi connectivity index (χ1n) is 6.41. The Hall–Kier alpha value is -0.880. The summed E-state index contributed by atoms with van der Waals surface area (Å²) in [5.74, 6) is 0. The molecule has 0 N–H and O–H groups in total. The normalized spacial score (nSPS) is 18.4. The Morgan fingerprint density at radius 2 is 1.42 bits per heavy atom. The molecule has 0 bridgehead atoms. The summed E-state index contributed by atoms with van der Waals surface area (Å²) in [6, 6.07) is 5.96. The summed E-state index contributed by atoms with van der Waals surface area (Å²) < 4.78 is 49.2. The Kier molecular flexibility index (Phi) is 4.01. The topological polar surface area (TPSA) is 68.3 Å². The zero-order chi connectivity index (χ0) is 14.1. The minimum atomic E-state index is -4.28. The van der Waals surface area contributed by atoms with Crippen LogP contribution in [0.15, 0.2) is 29.2 Å². The molecule has 1 fully saturated rings. The lowest BCUT2D eigenvalue weighted by Crippen LogP contribution is -2.30. The van der Waals surface area contributed by atoms with Crippen LogP contribution >= 0.6 is 0 Å². The second-order valence-corrected chi connectivity index (χ2v) is 10.8. The average molecular weight is 302 g/mol. The van der Waals surface area contributed by atoms with Gasteiger partial charge in [0.05, 0.1) is 10.1 Å². The standard InChI is InChI=1S/C13H18O4S2/c1-11-7-9-13(10-8-11)19(16,17)18(14,15)12-5-3-2-4-6-12/h7-10,12H,2-6H2,1H3. The van der Waals surface area contributed by atoms with Crippen molar-refractivity contribution in [3.05, 3.63) is 29.8 Å². The van der Waals surface area contributed by atoms with Crippen molar-refractivity contribution >= 4 is 17.7 Å². The molecule has 0 atom stereocenters. The second kappa shape index (κ2) is 5.25. The van der Waals surface area contributed by atoms with E-state index in [-0.39, 0.29) is 4.90 Å². The highest BCUT2D eigenvalue weighted by Crippen LogP contribution is 2.30. The molecule has 4 nitrogen and oxygen atoms in total. The van der Waals surface area contributed by atoms with Crippen LogP contribution in [0.4, 0.5) is 0 Å². The van der Waals surface area contributed by atoms with Gasteiger partial charge in [-0.15, -0.1) is 0 Å². The molecular formula is C13H18O4S2. The summed E-state index contributed by atoms with van der Waals surface area (Å²) in [5, 5.41) is -0.743. The highest BCUT2D eigenvalue weighted by atomic mass is 33.2. The fourth-order valence-corrected chi connectivity index (χ4v) is 7.17. The molecular weight excluding hydrogens is 284 g/mol. The van der Waals surface area contributed by atoms with E-state index in [1.807, 2.05) is 6.92 Å². The molecule has 1 aromatic rings. The smallest absolute Gasteiger partial charge is 0.212 e. The third-order valence-corrected chi connectivity index (χ3v) is 9.55. The van der Waals surface area contributed by atoms with Crippen LogP contribution in [-0.4, -0.2) is 22.1 Å². The number of aryl methyl sites for hydroxylation is 1. The Bertz CT molecular complexity index is 636. The predicted molar refractivity (Wildman–Crippen MR) is 74.2 cm³/mol. The van der Waals surface area contributed by atoms with Crippen molar-refractivity contribution in [2.24, 2.45) is 0 Å². The quantitative estimate of drug-likeness (QED) is 0.804. The first-order chi connectivity index (χ1) is 8.85. The average Bonchev–Trinajstić information content (AvgIpc) is 2.40. The molecule has 1 saturated carbocycles. The van der Waals surface area contributed by atoms with Crippen LogP contribution in [0.5, 0.6) is 0 Å². The first-order valence-corrected chi connectivity index (χ1v) is 9.96. The summed E-state index contributed by atoms with van der Waals surface area (Å²) in [5.41, 5.74) is 0.897. The molecule has 0 spiro atoms.